The maximum absolute atomic E-state index is 13.5. The van der Waals surface area contributed by atoms with Crippen LogP contribution in [0.1, 0.15) is 42.5 Å². The number of rotatable bonds is 4. The third kappa shape index (κ3) is 3.48. The van der Waals surface area contributed by atoms with Crippen LogP contribution in [0.2, 0.25) is 0 Å². The lowest BCUT2D eigenvalue weighted by atomic mass is 9.88. The summed E-state index contributed by atoms with van der Waals surface area (Å²) in [6.45, 7) is 1.83. The van der Waals surface area contributed by atoms with E-state index in [1.54, 1.807) is 12.1 Å². The molecule has 0 radical (unpaired) electrons. The number of hydrogen-bond donors (Lipinski definition) is 1. The number of carbonyl (C=O) groups excluding carboxylic acids is 1. The predicted octanol–water partition coefficient (Wildman–Crippen LogP) is 4.62. The Bertz CT molecular complexity index is 1300. The number of aryl methyl sites for hydroxylation is 2. The van der Waals surface area contributed by atoms with E-state index < -0.39 is 10.0 Å². The summed E-state index contributed by atoms with van der Waals surface area (Å²) in [6.07, 6.45) is 3.71. The lowest BCUT2D eigenvalue weighted by Gasteiger charge is -2.33. The summed E-state index contributed by atoms with van der Waals surface area (Å²) >= 11 is 0. The largest absolute Gasteiger partial charge is 0.348 e. The van der Waals surface area contributed by atoms with E-state index in [1.165, 1.54) is 9.87 Å². The summed E-state index contributed by atoms with van der Waals surface area (Å²) in [5, 5.41) is 3.09. The molecule has 6 heteroatoms. The first-order chi connectivity index (χ1) is 15.5. The van der Waals surface area contributed by atoms with Crippen LogP contribution in [0.25, 0.3) is 11.1 Å². The third-order valence-corrected chi connectivity index (χ3v) is 8.29. The van der Waals surface area contributed by atoms with Crippen molar-refractivity contribution < 1.29 is 13.2 Å². The highest BCUT2D eigenvalue weighted by Crippen LogP contribution is 2.43. The van der Waals surface area contributed by atoms with Crippen molar-refractivity contribution in [3.63, 3.8) is 0 Å². The lowest BCUT2D eigenvalue weighted by Crippen LogP contribution is -2.43. The maximum atomic E-state index is 13.5. The van der Waals surface area contributed by atoms with E-state index in [0.717, 1.165) is 42.4 Å². The molecule has 1 aliphatic heterocycles. The first-order valence-corrected chi connectivity index (χ1v) is 12.6. The van der Waals surface area contributed by atoms with Gasteiger partial charge in [-0.1, -0.05) is 55.5 Å². The number of fused-ring (bicyclic) bond motifs is 4. The van der Waals surface area contributed by atoms with Crippen LogP contribution in [0.5, 0.6) is 0 Å². The molecular weight excluding hydrogens is 420 g/mol. The van der Waals surface area contributed by atoms with Crippen molar-refractivity contribution in [2.45, 2.75) is 43.5 Å². The number of carbonyl (C=O) groups is 1. The normalized spacial score (nSPS) is 18.3. The molecule has 0 saturated carbocycles. The van der Waals surface area contributed by atoms with Gasteiger partial charge in [-0.25, -0.2) is 8.42 Å². The van der Waals surface area contributed by atoms with Crippen LogP contribution in [0.4, 0.5) is 5.69 Å². The molecule has 0 spiro atoms. The van der Waals surface area contributed by atoms with Crippen molar-refractivity contribution in [3.8, 4) is 11.1 Å². The Morgan fingerprint density at radius 1 is 1.03 bits per heavy atom. The van der Waals surface area contributed by atoms with E-state index in [9.17, 15) is 13.2 Å². The number of hydrogen-bond acceptors (Lipinski definition) is 3. The van der Waals surface area contributed by atoms with E-state index in [1.807, 2.05) is 42.5 Å². The molecule has 32 heavy (non-hydrogen) atoms. The zero-order valence-corrected chi connectivity index (χ0v) is 18.9. The Labute approximate surface area is 189 Å². The van der Waals surface area contributed by atoms with Gasteiger partial charge in [-0.2, -0.15) is 0 Å². The second-order valence-corrected chi connectivity index (χ2v) is 10.3. The molecule has 1 aliphatic carbocycles. The van der Waals surface area contributed by atoms with Gasteiger partial charge in [0.25, 0.3) is 10.0 Å². The van der Waals surface area contributed by atoms with Crippen LogP contribution in [0.15, 0.2) is 71.6 Å². The van der Waals surface area contributed by atoms with Gasteiger partial charge in [-0.15, -0.1) is 0 Å². The maximum Gasteiger partial charge on any atom is 0.265 e. The van der Waals surface area contributed by atoms with Gasteiger partial charge in [0.1, 0.15) is 6.54 Å². The molecule has 5 nitrogen and oxygen atoms in total. The summed E-state index contributed by atoms with van der Waals surface area (Å²) in [5.74, 6) is -0.292. The predicted molar refractivity (Wildman–Crippen MR) is 126 cm³/mol. The van der Waals surface area contributed by atoms with Gasteiger partial charge in [0.2, 0.25) is 5.91 Å². The van der Waals surface area contributed by atoms with Crippen molar-refractivity contribution in [2.75, 3.05) is 10.8 Å². The van der Waals surface area contributed by atoms with Crippen molar-refractivity contribution in [1.82, 2.24) is 5.32 Å². The van der Waals surface area contributed by atoms with Crippen LogP contribution in [-0.4, -0.2) is 20.9 Å². The number of benzene rings is 3. The molecule has 0 bridgehead atoms. The molecule has 3 aromatic carbocycles. The van der Waals surface area contributed by atoms with Crippen LogP contribution >= 0.6 is 0 Å². The molecule has 0 saturated heterocycles. The van der Waals surface area contributed by atoms with Gasteiger partial charge in [0, 0.05) is 11.1 Å². The topological polar surface area (TPSA) is 66.5 Å². The molecular formula is C26H26N2O3S. The highest BCUT2D eigenvalue weighted by Gasteiger charge is 2.36. The molecule has 5 rings (SSSR count). The summed E-state index contributed by atoms with van der Waals surface area (Å²) in [6, 6.07) is 20.9. The Kier molecular flexibility index (Phi) is 5.25. The quantitative estimate of drug-likeness (QED) is 0.636. The molecule has 1 heterocycles. The van der Waals surface area contributed by atoms with Gasteiger partial charge < -0.3 is 5.32 Å². The number of nitrogens with one attached hydrogen (secondary N) is 1. The van der Waals surface area contributed by atoms with Crippen LogP contribution < -0.4 is 9.62 Å². The van der Waals surface area contributed by atoms with E-state index in [2.05, 4.69) is 24.4 Å². The van der Waals surface area contributed by atoms with Gasteiger partial charge in [-0.3, -0.25) is 9.10 Å². The zero-order valence-electron chi connectivity index (χ0n) is 18.0. The minimum atomic E-state index is -3.84. The van der Waals surface area contributed by atoms with Crippen LogP contribution in [0, 0.1) is 0 Å². The standard InChI is InChI=1S/C26H26N2O3S/c1-2-18-14-15-24-22(16-18)21-11-5-6-13-25(21)32(30,31)28(24)17-26(29)27-23-12-7-9-19-8-3-4-10-20(19)23/h3-6,8,10-11,13-16,23H,2,7,9,12,17H2,1H3,(H,27,29)/t23-/m0/s1. The van der Waals surface area contributed by atoms with Crippen molar-refractivity contribution >= 4 is 21.6 Å². The lowest BCUT2D eigenvalue weighted by molar-refractivity contribution is -0.120. The Hall–Kier alpha value is -3.12. The van der Waals surface area contributed by atoms with E-state index >= 15 is 0 Å². The molecule has 0 fully saturated rings. The highest BCUT2D eigenvalue weighted by atomic mass is 32.2. The molecule has 1 atom stereocenters. The zero-order chi connectivity index (χ0) is 22.3. The summed E-state index contributed by atoms with van der Waals surface area (Å²) in [4.78, 5) is 13.4. The van der Waals surface area contributed by atoms with Gasteiger partial charge in [0.15, 0.2) is 0 Å². The molecule has 3 aromatic rings. The number of amides is 1. The minimum Gasteiger partial charge on any atom is -0.348 e. The number of anilines is 1. The Morgan fingerprint density at radius 3 is 2.66 bits per heavy atom. The van der Waals surface area contributed by atoms with E-state index in [0.29, 0.717) is 11.3 Å². The van der Waals surface area contributed by atoms with Crippen molar-refractivity contribution in [3.05, 3.63) is 83.4 Å². The molecule has 1 amide bonds. The van der Waals surface area contributed by atoms with Gasteiger partial charge in [0.05, 0.1) is 16.6 Å². The smallest absolute Gasteiger partial charge is 0.265 e. The number of nitrogens with zero attached hydrogens (tertiary/aromatic N) is 1. The van der Waals surface area contributed by atoms with Gasteiger partial charge >= 0.3 is 0 Å². The van der Waals surface area contributed by atoms with Gasteiger partial charge in [-0.05, 0) is 60.6 Å². The molecule has 164 valence electrons. The molecule has 0 aromatic heterocycles. The van der Waals surface area contributed by atoms with Crippen LogP contribution in [-0.2, 0) is 27.7 Å². The van der Waals surface area contributed by atoms with E-state index in [-0.39, 0.29) is 23.4 Å². The van der Waals surface area contributed by atoms with Crippen molar-refractivity contribution in [1.29, 1.82) is 0 Å². The minimum absolute atomic E-state index is 0.0887. The SMILES string of the molecule is CCc1ccc2c(c1)-c1ccccc1S(=O)(=O)N2CC(=O)N[C@H]1CCCc2ccccc21. The fourth-order valence-electron chi connectivity index (χ4n) is 4.84. The fourth-order valence-corrected chi connectivity index (χ4v) is 6.49. The summed E-state index contributed by atoms with van der Waals surface area (Å²) < 4.78 is 28.2. The average molecular weight is 447 g/mol. The average Bonchev–Trinajstić information content (AvgIpc) is 2.82. The van der Waals surface area contributed by atoms with Crippen LogP contribution in [0.3, 0.4) is 0 Å². The number of sulfonamides is 1. The second kappa shape index (κ2) is 8.10. The fraction of sp³-hybridized carbons (Fsp3) is 0.269. The molecule has 2 aliphatic rings. The van der Waals surface area contributed by atoms with E-state index in [4.69, 9.17) is 0 Å². The van der Waals surface area contributed by atoms with Crippen molar-refractivity contribution in [2.24, 2.45) is 0 Å². The Balaban J connectivity index is 1.48. The summed E-state index contributed by atoms with van der Waals surface area (Å²) in [7, 11) is -3.84. The monoisotopic (exact) mass is 446 g/mol. The molecule has 0 unspecified atom stereocenters. The first kappa shape index (κ1) is 20.8. The highest BCUT2D eigenvalue weighted by molar-refractivity contribution is 7.93. The molecule has 1 N–H and O–H groups in total. The second-order valence-electron chi connectivity index (χ2n) is 8.42. The summed E-state index contributed by atoms with van der Waals surface area (Å²) in [5.41, 5.74) is 5.61. The Morgan fingerprint density at radius 2 is 1.81 bits per heavy atom. The first-order valence-electron chi connectivity index (χ1n) is 11.1. The third-order valence-electron chi connectivity index (χ3n) is 6.48.